The largest absolute Gasteiger partial charge is 0.325 e. The lowest BCUT2D eigenvalue weighted by molar-refractivity contribution is 0.100. The van der Waals surface area contributed by atoms with Gasteiger partial charge >= 0.3 is 0 Å². The number of likely N-dealkylation sites (tertiary alicyclic amines) is 1. The van der Waals surface area contributed by atoms with Crippen molar-refractivity contribution >= 4 is 0 Å². The van der Waals surface area contributed by atoms with E-state index < -0.39 is 0 Å². The van der Waals surface area contributed by atoms with Crippen LogP contribution in [0.5, 0.6) is 0 Å². The lowest BCUT2D eigenvalue weighted by atomic mass is 9.87. The van der Waals surface area contributed by atoms with Crippen molar-refractivity contribution in [1.29, 1.82) is 0 Å². The third-order valence-corrected chi connectivity index (χ3v) is 4.03. The minimum atomic E-state index is 0.116. The quantitative estimate of drug-likeness (QED) is 0.696. The molecule has 1 aliphatic heterocycles. The summed E-state index contributed by atoms with van der Waals surface area (Å²) in [6.07, 6.45) is 9.58. The zero-order valence-corrected chi connectivity index (χ0v) is 9.47. The summed E-state index contributed by atoms with van der Waals surface area (Å²) in [7, 11) is 0. The monoisotopic (exact) mass is 196 g/mol. The Morgan fingerprint density at radius 3 is 2.21 bits per heavy atom. The van der Waals surface area contributed by atoms with Crippen molar-refractivity contribution in [3.05, 3.63) is 0 Å². The summed E-state index contributed by atoms with van der Waals surface area (Å²) in [5, 5.41) is 0. The summed E-state index contributed by atoms with van der Waals surface area (Å²) in [6.45, 7) is 4.67. The lowest BCUT2D eigenvalue weighted by Crippen LogP contribution is -2.51. The second-order valence-electron chi connectivity index (χ2n) is 5.48. The Labute approximate surface area is 87.8 Å². The molecule has 0 aromatic rings. The van der Waals surface area contributed by atoms with E-state index >= 15 is 0 Å². The molecule has 0 spiro atoms. The fourth-order valence-electron chi connectivity index (χ4n) is 2.85. The van der Waals surface area contributed by atoms with Crippen LogP contribution in [0, 0.1) is 0 Å². The molecule has 0 aromatic carbocycles. The smallest absolute Gasteiger partial charge is 0.0150 e. The SMILES string of the molecule is CC1(N)CCN(C2CCCCC2)CC1. The molecule has 1 aliphatic carbocycles. The third-order valence-electron chi connectivity index (χ3n) is 4.03. The van der Waals surface area contributed by atoms with Gasteiger partial charge in [-0.15, -0.1) is 0 Å². The van der Waals surface area contributed by atoms with Gasteiger partial charge in [-0.25, -0.2) is 0 Å². The van der Waals surface area contributed by atoms with Gasteiger partial charge in [0.1, 0.15) is 0 Å². The van der Waals surface area contributed by atoms with Gasteiger partial charge < -0.3 is 10.6 Å². The van der Waals surface area contributed by atoms with Crippen LogP contribution >= 0.6 is 0 Å². The van der Waals surface area contributed by atoms with Gasteiger partial charge in [-0.1, -0.05) is 19.3 Å². The van der Waals surface area contributed by atoms with Gasteiger partial charge in [-0.2, -0.15) is 0 Å². The Balaban J connectivity index is 1.82. The van der Waals surface area contributed by atoms with E-state index in [0.717, 1.165) is 6.04 Å². The molecule has 1 heterocycles. The summed E-state index contributed by atoms with van der Waals surface area (Å²) in [6, 6.07) is 0.889. The summed E-state index contributed by atoms with van der Waals surface area (Å²) < 4.78 is 0. The van der Waals surface area contributed by atoms with Gasteiger partial charge in [-0.05, 0) is 32.6 Å². The van der Waals surface area contributed by atoms with Crippen molar-refractivity contribution in [2.45, 2.75) is 63.5 Å². The molecule has 2 N–H and O–H groups in total. The fourth-order valence-corrected chi connectivity index (χ4v) is 2.85. The Kier molecular flexibility index (Phi) is 3.13. The Morgan fingerprint density at radius 1 is 1.07 bits per heavy atom. The van der Waals surface area contributed by atoms with E-state index in [-0.39, 0.29) is 5.54 Å². The number of nitrogens with two attached hydrogens (primary N) is 1. The molecule has 2 fully saturated rings. The minimum Gasteiger partial charge on any atom is -0.325 e. The first kappa shape index (κ1) is 10.4. The highest BCUT2D eigenvalue weighted by Gasteiger charge is 2.29. The Hall–Kier alpha value is -0.0800. The van der Waals surface area contributed by atoms with E-state index in [4.69, 9.17) is 5.73 Å². The summed E-state index contributed by atoms with van der Waals surface area (Å²) in [4.78, 5) is 2.69. The first-order chi connectivity index (χ1) is 6.67. The molecule has 2 heteroatoms. The highest BCUT2D eigenvalue weighted by molar-refractivity contribution is 4.88. The van der Waals surface area contributed by atoms with Crippen molar-refractivity contribution in [3.8, 4) is 0 Å². The topological polar surface area (TPSA) is 29.3 Å². The number of piperidine rings is 1. The molecule has 1 saturated heterocycles. The number of nitrogens with zero attached hydrogens (tertiary/aromatic N) is 1. The maximum Gasteiger partial charge on any atom is 0.0150 e. The van der Waals surface area contributed by atoms with E-state index in [2.05, 4.69) is 11.8 Å². The van der Waals surface area contributed by atoms with Gasteiger partial charge in [0.15, 0.2) is 0 Å². The van der Waals surface area contributed by atoms with Gasteiger partial charge in [0.25, 0.3) is 0 Å². The minimum absolute atomic E-state index is 0.116. The van der Waals surface area contributed by atoms with Crippen LogP contribution in [0.1, 0.15) is 51.9 Å². The number of hydrogen-bond acceptors (Lipinski definition) is 2. The molecule has 2 rings (SSSR count). The Bertz CT molecular complexity index is 173. The maximum absolute atomic E-state index is 6.14. The fraction of sp³-hybridized carbons (Fsp3) is 1.00. The third kappa shape index (κ3) is 2.48. The normalized spacial score (nSPS) is 30.4. The first-order valence-electron chi connectivity index (χ1n) is 6.20. The molecule has 82 valence electrons. The van der Waals surface area contributed by atoms with Crippen molar-refractivity contribution in [2.24, 2.45) is 5.73 Å². The molecular formula is C12H24N2. The molecule has 14 heavy (non-hydrogen) atoms. The Morgan fingerprint density at radius 2 is 1.64 bits per heavy atom. The highest BCUT2D eigenvalue weighted by atomic mass is 15.2. The molecule has 2 nitrogen and oxygen atoms in total. The molecule has 0 unspecified atom stereocenters. The average Bonchev–Trinajstić information content (AvgIpc) is 2.19. The summed E-state index contributed by atoms with van der Waals surface area (Å²) >= 11 is 0. The van der Waals surface area contributed by atoms with Gasteiger partial charge in [0, 0.05) is 24.7 Å². The molecule has 0 amide bonds. The lowest BCUT2D eigenvalue weighted by Gasteiger charge is -2.42. The van der Waals surface area contributed by atoms with E-state index in [1.807, 2.05) is 0 Å². The number of hydrogen-bond donors (Lipinski definition) is 1. The van der Waals surface area contributed by atoms with Gasteiger partial charge in [0.05, 0.1) is 0 Å². The zero-order chi connectivity index (χ0) is 10.0. The standard InChI is InChI=1S/C12H24N2/c1-12(13)7-9-14(10-8-12)11-5-3-2-4-6-11/h11H,2-10,13H2,1H3. The van der Waals surface area contributed by atoms with Crippen LogP contribution in [0.25, 0.3) is 0 Å². The predicted octanol–water partition coefficient (Wildman–Crippen LogP) is 2.13. The van der Waals surface area contributed by atoms with E-state index in [1.54, 1.807) is 0 Å². The van der Waals surface area contributed by atoms with Crippen molar-refractivity contribution in [3.63, 3.8) is 0 Å². The van der Waals surface area contributed by atoms with E-state index in [1.165, 1.54) is 58.0 Å². The molecule has 1 saturated carbocycles. The van der Waals surface area contributed by atoms with Crippen LogP contribution in [0.3, 0.4) is 0 Å². The molecule has 0 aromatic heterocycles. The molecule has 0 atom stereocenters. The van der Waals surface area contributed by atoms with Gasteiger partial charge in [-0.3, -0.25) is 0 Å². The van der Waals surface area contributed by atoms with E-state index in [0.29, 0.717) is 0 Å². The van der Waals surface area contributed by atoms with Crippen LogP contribution in [0.2, 0.25) is 0 Å². The first-order valence-corrected chi connectivity index (χ1v) is 6.20. The molecule has 0 radical (unpaired) electrons. The predicted molar refractivity (Wildman–Crippen MR) is 60.3 cm³/mol. The summed E-state index contributed by atoms with van der Waals surface area (Å²) in [5.74, 6) is 0. The van der Waals surface area contributed by atoms with Crippen LogP contribution in [-0.4, -0.2) is 29.6 Å². The van der Waals surface area contributed by atoms with Crippen molar-refractivity contribution < 1.29 is 0 Å². The van der Waals surface area contributed by atoms with E-state index in [9.17, 15) is 0 Å². The molecular weight excluding hydrogens is 172 g/mol. The molecule has 0 bridgehead atoms. The highest BCUT2D eigenvalue weighted by Crippen LogP contribution is 2.27. The maximum atomic E-state index is 6.14. The van der Waals surface area contributed by atoms with Crippen LogP contribution in [0.4, 0.5) is 0 Å². The van der Waals surface area contributed by atoms with Crippen LogP contribution in [-0.2, 0) is 0 Å². The van der Waals surface area contributed by atoms with Crippen molar-refractivity contribution in [2.75, 3.05) is 13.1 Å². The summed E-state index contributed by atoms with van der Waals surface area (Å²) in [5.41, 5.74) is 6.26. The van der Waals surface area contributed by atoms with Crippen LogP contribution < -0.4 is 5.73 Å². The van der Waals surface area contributed by atoms with Gasteiger partial charge in [0.2, 0.25) is 0 Å². The van der Waals surface area contributed by atoms with Crippen molar-refractivity contribution in [1.82, 2.24) is 4.90 Å². The number of rotatable bonds is 1. The zero-order valence-electron chi connectivity index (χ0n) is 9.47. The molecule has 2 aliphatic rings. The second-order valence-corrected chi connectivity index (χ2v) is 5.48. The second kappa shape index (κ2) is 4.19. The van der Waals surface area contributed by atoms with Crippen LogP contribution in [0.15, 0.2) is 0 Å². The average molecular weight is 196 g/mol.